The zero-order valence-corrected chi connectivity index (χ0v) is 3.64. The van der Waals surface area contributed by atoms with E-state index in [1.807, 2.05) is 5.43 Å². The lowest BCUT2D eigenvalue weighted by molar-refractivity contribution is -0.113. The van der Waals surface area contributed by atoms with Gasteiger partial charge in [0, 0.05) is 0 Å². The lowest BCUT2D eigenvalue weighted by atomic mass is 10.4. The SMILES string of the molecule is N#CC(=O)CNN. The Hall–Kier alpha value is -0.920. The van der Waals surface area contributed by atoms with Gasteiger partial charge in [-0.15, -0.1) is 0 Å². The topological polar surface area (TPSA) is 78.9 Å². The summed E-state index contributed by atoms with van der Waals surface area (Å²) in [6, 6.07) is 1.38. The second-order valence-electron chi connectivity index (χ2n) is 0.916. The molecule has 0 aromatic rings. The highest BCUT2D eigenvalue weighted by molar-refractivity contribution is 5.94. The predicted octanol–water partition coefficient (Wildman–Crippen LogP) is -1.46. The molecule has 0 aromatic carbocycles. The lowest BCUT2D eigenvalue weighted by Gasteiger charge is -1.83. The fraction of sp³-hybridized carbons (Fsp3) is 0.333. The van der Waals surface area contributed by atoms with Crippen LogP contribution >= 0.6 is 0 Å². The zero-order chi connectivity index (χ0) is 5.70. The minimum Gasteiger partial charge on any atom is -0.281 e. The molecule has 0 amide bonds. The largest absolute Gasteiger partial charge is 0.281 e. The number of rotatable bonds is 2. The molecule has 0 aliphatic carbocycles. The van der Waals surface area contributed by atoms with Crippen LogP contribution in [0.3, 0.4) is 0 Å². The van der Waals surface area contributed by atoms with Crippen molar-refractivity contribution in [2.45, 2.75) is 0 Å². The van der Waals surface area contributed by atoms with Crippen LogP contribution in [0.2, 0.25) is 0 Å². The molecule has 0 fully saturated rings. The summed E-state index contributed by atoms with van der Waals surface area (Å²) >= 11 is 0. The number of Topliss-reactive ketones (excluding diaryl/α,β-unsaturated/α-hetero) is 1. The molecule has 0 aliphatic rings. The first-order valence-electron chi connectivity index (χ1n) is 1.67. The molecule has 0 aliphatic heterocycles. The average Bonchev–Trinajstić information content (AvgIpc) is 1.68. The molecule has 0 saturated heterocycles. The number of hydrogen-bond donors (Lipinski definition) is 2. The van der Waals surface area contributed by atoms with E-state index in [0.717, 1.165) is 0 Å². The van der Waals surface area contributed by atoms with Crippen molar-refractivity contribution in [1.29, 1.82) is 5.26 Å². The number of hydrazine groups is 1. The Kier molecular flexibility index (Phi) is 2.85. The molecule has 0 atom stereocenters. The van der Waals surface area contributed by atoms with Crippen LogP contribution in [0, 0.1) is 11.3 Å². The quantitative estimate of drug-likeness (QED) is 0.252. The van der Waals surface area contributed by atoms with Gasteiger partial charge in [0.15, 0.2) is 0 Å². The van der Waals surface area contributed by atoms with Crippen molar-refractivity contribution < 1.29 is 4.79 Å². The van der Waals surface area contributed by atoms with Crippen LogP contribution in [0.5, 0.6) is 0 Å². The Bertz CT molecular complexity index is 103. The fourth-order valence-electron chi connectivity index (χ4n) is 0.132. The number of carbonyl (C=O) groups is 1. The van der Waals surface area contributed by atoms with E-state index in [1.165, 1.54) is 6.07 Å². The minimum atomic E-state index is -0.553. The summed E-state index contributed by atoms with van der Waals surface area (Å²) in [5, 5.41) is 7.77. The summed E-state index contributed by atoms with van der Waals surface area (Å²) in [4.78, 5) is 9.91. The van der Waals surface area contributed by atoms with Crippen molar-refractivity contribution in [3.05, 3.63) is 0 Å². The summed E-state index contributed by atoms with van der Waals surface area (Å²) < 4.78 is 0. The molecule has 7 heavy (non-hydrogen) atoms. The average molecular weight is 99.1 g/mol. The molecule has 0 heterocycles. The maximum atomic E-state index is 9.91. The monoisotopic (exact) mass is 99.0 g/mol. The molecule has 4 heteroatoms. The van der Waals surface area contributed by atoms with Gasteiger partial charge in [-0.2, -0.15) is 5.26 Å². The van der Waals surface area contributed by atoms with Gasteiger partial charge in [-0.1, -0.05) is 0 Å². The van der Waals surface area contributed by atoms with E-state index in [0.29, 0.717) is 0 Å². The first-order valence-corrected chi connectivity index (χ1v) is 1.67. The molecule has 3 N–H and O–H groups in total. The zero-order valence-electron chi connectivity index (χ0n) is 3.64. The first-order chi connectivity index (χ1) is 3.31. The van der Waals surface area contributed by atoms with Gasteiger partial charge in [-0.25, -0.2) is 0 Å². The Balaban J connectivity index is 3.24. The van der Waals surface area contributed by atoms with Gasteiger partial charge in [0.1, 0.15) is 6.07 Å². The third kappa shape index (κ3) is 2.89. The highest BCUT2D eigenvalue weighted by Crippen LogP contribution is 1.57. The van der Waals surface area contributed by atoms with Crippen molar-refractivity contribution in [3.8, 4) is 6.07 Å². The van der Waals surface area contributed by atoms with Crippen LogP contribution in [-0.4, -0.2) is 12.3 Å². The van der Waals surface area contributed by atoms with Crippen molar-refractivity contribution in [1.82, 2.24) is 5.43 Å². The number of ketones is 1. The number of hydrogen-bond acceptors (Lipinski definition) is 4. The van der Waals surface area contributed by atoms with E-state index in [2.05, 4.69) is 5.84 Å². The molecule has 0 spiro atoms. The van der Waals surface area contributed by atoms with Crippen molar-refractivity contribution in [2.75, 3.05) is 6.54 Å². The Morgan fingerprint density at radius 3 is 2.71 bits per heavy atom. The van der Waals surface area contributed by atoms with Crippen LogP contribution < -0.4 is 11.3 Å². The van der Waals surface area contributed by atoms with Gasteiger partial charge in [0.05, 0.1) is 6.54 Å². The summed E-state index contributed by atoms with van der Waals surface area (Å²) in [5.41, 5.74) is 2.05. The van der Waals surface area contributed by atoms with Crippen LogP contribution in [0.4, 0.5) is 0 Å². The number of nitrogens with one attached hydrogen (secondary N) is 1. The smallest absolute Gasteiger partial charge is 0.246 e. The van der Waals surface area contributed by atoms with E-state index in [-0.39, 0.29) is 6.54 Å². The van der Waals surface area contributed by atoms with Gasteiger partial charge < -0.3 is 0 Å². The van der Waals surface area contributed by atoms with Crippen LogP contribution in [0.1, 0.15) is 0 Å². The fourth-order valence-corrected chi connectivity index (χ4v) is 0.132. The number of carbonyl (C=O) groups excluding carboxylic acids is 1. The highest BCUT2D eigenvalue weighted by Gasteiger charge is 1.91. The Labute approximate surface area is 40.9 Å². The van der Waals surface area contributed by atoms with Crippen LogP contribution in [0.15, 0.2) is 0 Å². The second kappa shape index (κ2) is 3.28. The Morgan fingerprint density at radius 2 is 2.57 bits per heavy atom. The predicted molar refractivity (Wildman–Crippen MR) is 22.8 cm³/mol. The van der Waals surface area contributed by atoms with E-state index in [9.17, 15) is 4.79 Å². The van der Waals surface area contributed by atoms with Crippen LogP contribution in [-0.2, 0) is 4.79 Å². The van der Waals surface area contributed by atoms with Gasteiger partial charge in [0.25, 0.3) is 0 Å². The molecule has 38 valence electrons. The van der Waals surface area contributed by atoms with Gasteiger partial charge >= 0.3 is 0 Å². The third-order valence-electron chi connectivity index (χ3n) is 0.387. The van der Waals surface area contributed by atoms with E-state index < -0.39 is 5.78 Å². The summed E-state index contributed by atoms with van der Waals surface area (Å²) in [6.07, 6.45) is 0. The molecule has 0 aromatic heterocycles. The maximum Gasteiger partial charge on any atom is 0.246 e. The molecule has 0 bridgehead atoms. The minimum absolute atomic E-state index is 0.0729. The lowest BCUT2D eigenvalue weighted by Crippen LogP contribution is -2.27. The third-order valence-corrected chi connectivity index (χ3v) is 0.387. The normalized spacial score (nSPS) is 7.43. The molecule has 0 radical (unpaired) electrons. The van der Waals surface area contributed by atoms with Crippen LogP contribution in [0.25, 0.3) is 0 Å². The van der Waals surface area contributed by atoms with E-state index in [4.69, 9.17) is 5.26 Å². The highest BCUT2D eigenvalue weighted by atomic mass is 16.1. The Morgan fingerprint density at radius 1 is 2.00 bits per heavy atom. The van der Waals surface area contributed by atoms with Crippen molar-refractivity contribution in [3.63, 3.8) is 0 Å². The van der Waals surface area contributed by atoms with E-state index >= 15 is 0 Å². The first kappa shape index (κ1) is 6.08. The molecule has 0 unspecified atom stereocenters. The number of nitriles is 1. The molecule has 0 rings (SSSR count). The van der Waals surface area contributed by atoms with Crippen molar-refractivity contribution >= 4 is 5.78 Å². The maximum absolute atomic E-state index is 9.91. The number of nitrogens with two attached hydrogens (primary N) is 1. The van der Waals surface area contributed by atoms with Gasteiger partial charge in [-0.05, 0) is 0 Å². The van der Waals surface area contributed by atoms with Crippen molar-refractivity contribution in [2.24, 2.45) is 5.84 Å². The molecular weight excluding hydrogens is 94.1 g/mol. The second-order valence-corrected chi connectivity index (χ2v) is 0.916. The number of nitrogens with zero attached hydrogens (tertiary/aromatic N) is 1. The van der Waals surface area contributed by atoms with E-state index in [1.54, 1.807) is 0 Å². The summed E-state index contributed by atoms with van der Waals surface area (Å²) in [7, 11) is 0. The van der Waals surface area contributed by atoms with Gasteiger partial charge in [0.2, 0.25) is 5.78 Å². The molecular formula is C3H5N3O. The summed E-state index contributed by atoms with van der Waals surface area (Å²) in [6.45, 7) is -0.0729. The summed E-state index contributed by atoms with van der Waals surface area (Å²) in [5.74, 6) is 4.13. The standard InChI is InChI=1S/C3H5N3O/c4-1-3(7)2-6-5/h6H,2,5H2. The molecule has 0 saturated carbocycles. The van der Waals surface area contributed by atoms with Gasteiger partial charge in [-0.3, -0.25) is 16.1 Å². The molecule has 4 nitrogen and oxygen atoms in total.